The average molecular weight is 345 g/mol. The van der Waals surface area contributed by atoms with Gasteiger partial charge in [-0.15, -0.1) is 0 Å². The van der Waals surface area contributed by atoms with Gasteiger partial charge < -0.3 is 15.0 Å². The topological polar surface area (TPSA) is 61.3 Å². The van der Waals surface area contributed by atoms with Gasteiger partial charge in [-0.1, -0.05) is 39.3 Å². The summed E-state index contributed by atoms with van der Waals surface area (Å²) in [5, 5.41) is 3.90. The standard InChI is InChI=1S/C16H13BrN2O2/c1-20-11-8-6-10(7-9-11)15-14(16(18)19-21-15)12-4-2-3-5-13(12)17/h2-9H,1H3,(H2,18,19). The van der Waals surface area contributed by atoms with Crippen LogP contribution >= 0.6 is 15.9 Å². The lowest BCUT2D eigenvalue weighted by atomic mass is 10.0. The van der Waals surface area contributed by atoms with E-state index in [1.807, 2.05) is 48.5 Å². The molecule has 3 rings (SSSR count). The van der Waals surface area contributed by atoms with Crippen molar-refractivity contribution in [1.29, 1.82) is 0 Å². The first kappa shape index (κ1) is 13.7. The molecule has 0 amide bonds. The highest BCUT2D eigenvalue weighted by Gasteiger charge is 2.19. The summed E-state index contributed by atoms with van der Waals surface area (Å²) in [5.74, 6) is 1.79. The van der Waals surface area contributed by atoms with Crippen LogP contribution in [0.25, 0.3) is 22.5 Å². The first-order valence-corrected chi connectivity index (χ1v) is 7.14. The summed E-state index contributed by atoms with van der Waals surface area (Å²) in [6.45, 7) is 0. The SMILES string of the molecule is COc1ccc(-c2onc(N)c2-c2ccccc2Br)cc1. The van der Waals surface area contributed by atoms with Gasteiger partial charge in [0.15, 0.2) is 11.6 Å². The number of hydrogen-bond acceptors (Lipinski definition) is 4. The molecule has 0 saturated heterocycles. The molecule has 0 saturated carbocycles. The van der Waals surface area contributed by atoms with Gasteiger partial charge in [-0.05, 0) is 30.3 Å². The third-order valence-corrected chi connectivity index (χ3v) is 3.91. The Morgan fingerprint density at radius 3 is 2.48 bits per heavy atom. The largest absolute Gasteiger partial charge is 0.497 e. The quantitative estimate of drug-likeness (QED) is 0.766. The first-order valence-electron chi connectivity index (χ1n) is 6.35. The Morgan fingerprint density at radius 2 is 1.81 bits per heavy atom. The van der Waals surface area contributed by atoms with E-state index in [1.165, 1.54) is 0 Å². The number of hydrogen-bond donors (Lipinski definition) is 1. The number of nitrogen functional groups attached to an aromatic ring is 1. The normalized spacial score (nSPS) is 10.6. The lowest BCUT2D eigenvalue weighted by Gasteiger charge is -2.06. The summed E-state index contributed by atoms with van der Waals surface area (Å²) in [4.78, 5) is 0. The second-order valence-electron chi connectivity index (χ2n) is 4.48. The summed E-state index contributed by atoms with van der Waals surface area (Å²) in [7, 11) is 1.63. The van der Waals surface area contributed by atoms with Crippen molar-refractivity contribution < 1.29 is 9.26 Å². The molecule has 21 heavy (non-hydrogen) atoms. The van der Waals surface area contributed by atoms with Gasteiger partial charge in [0.1, 0.15) is 5.75 Å². The van der Waals surface area contributed by atoms with Crippen molar-refractivity contribution in [3.63, 3.8) is 0 Å². The summed E-state index contributed by atoms with van der Waals surface area (Å²) in [6.07, 6.45) is 0. The zero-order valence-corrected chi connectivity index (χ0v) is 12.9. The number of nitrogens with two attached hydrogens (primary N) is 1. The molecule has 1 heterocycles. The van der Waals surface area contributed by atoms with Gasteiger partial charge in [0, 0.05) is 15.6 Å². The van der Waals surface area contributed by atoms with Crippen molar-refractivity contribution in [3.8, 4) is 28.2 Å². The Morgan fingerprint density at radius 1 is 1.10 bits per heavy atom. The van der Waals surface area contributed by atoms with Crippen molar-refractivity contribution in [2.45, 2.75) is 0 Å². The van der Waals surface area contributed by atoms with E-state index in [-0.39, 0.29) is 0 Å². The summed E-state index contributed by atoms with van der Waals surface area (Å²) < 4.78 is 11.5. The number of aromatic nitrogens is 1. The predicted molar refractivity (Wildman–Crippen MR) is 86.0 cm³/mol. The van der Waals surface area contributed by atoms with Crippen LogP contribution in [-0.2, 0) is 0 Å². The highest BCUT2D eigenvalue weighted by atomic mass is 79.9. The maximum atomic E-state index is 5.99. The summed E-state index contributed by atoms with van der Waals surface area (Å²) >= 11 is 3.54. The molecular weight excluding hydrogens is 332 g/mol. The van der Waals surface area contributed by atoms with Crippen LogP contribution in [0.2, 0.25) is 0 Å². The molecule has 0 aliphatic rings. The Hall–Kier alpha value is -2.27. The van der Waals surface area contributed by atoms with E-state index in [0.29, 0.717) is 11.6 Å². The molecule has 0 spiro atoms. The molecule has 0 fully saturated rings. The summed E-state index contributed by atoms with van der Waals surface area (Å²) in [5.41, 5.74) is 8.61. The first-order chi connectivity index (χ1) is 10.2. The predicted octanol–water partition coefficient (Wildman–Crippen LogP) is 4.36. The molecule has 106 valence electrons. The Kier molecular flexibility index (Phi) is 3.66. The van der Waals surface area contributed by atoms with Crippen molar-refractivity contribution in [3.05, 3.63) is 53.0 Å². The minimum atomic E-state index is 0.368. The Balaban J connectivity index is 2.15. The molecule has 1 aromatic heterocycles. The highest BCUT2D eigenvalue weighted by Crippen LogP contribution is 2.40. The van der Waals surface area contributed by atoms with E-state index in [4.69, 9.17) is 15.0 Å². The number of anilines is 1. The molecule has 4 nitrogen and oxygen atoms in total. The molecule has 0 atom stereocenters. The lowest BCUT2D eigenvalue weighted by molar-refractivity contribution is 0.414. The number of methoxy groups -OCH3 is 1. The van der Waals surface area contributed by atoms with Crippen molar-refractivity contribution in [1.82, 2.24) is 5.16 Å². The minimum absolute atomic E-state index is 0.368. The van der Waals surface area contributed by atoms with E-state index in [1.54, 1.807) is 7.11 Å². The Bertz CT molecular complexity index is 766. The van der Waals surface area contributed by atoms with Crippen LogP contribution in [0, 0.1) is 0 Å². The molecule has 5 heteroatoms. The van der Waals surface area contributed by atoms with Crippen LogP contribution in [0.15, 0.2) is 57.5 Å². The molecule has 0 aliphatic carbocycles. The minimum Gasteiger partial charge on any atom is -0.497 e. The van der Waals surface area contributed by atoms with Crippen LogP contribution in [0.3, 0.4) is 0 Å². The smallest absolute Gasteiger partial charge is 0.176 e. The van der Waals surface area contributed by atoms with Crippen LogP contribution in [0.4, 0.5) is 5.82 Å². The number of halogens is 1. The Labute approximate surface area is 130 Å². The van der Waals surface area contributed by atoms with Crippen molar-refractivity contribution in [2.75, 3.05) is 12.8 Å². The van der Waals surface area contributed by atoms with Gasteiger partial charge in [-0.2, -0.15) is 0 Å². The molecule has 3 aromatic rings. The molecule has 2 aromatic carbocycles. The number of rotatable bonds is 3. The second-order valence-corrected chi connectivity index (χ2v) is 5.33. The zero-order chi connectivity index (χ0) is 14.8. The van der Waals surface area contributed by atoms with E-state index < -0.39 is 0 Å². The molecule has 0 aliphatic heterocycles. The molecule has 0 bridgehead atoms. The number of nitrogens with zero attached hydrogens (tertiary/aromatic N) is 1. The fraction of sp³-hybridized carbons (Fsp3) is 0.0625. The zero-order valence-electron chi connectivity index (χ0n) is 11.3. The third kappa shape index (κ3) is 2.52. The third-order valence-electron chi connectivity index (χ3n) is 3.21. The van der Waals surface area contributed by atoms with Gasteiger partial charge >= 0.3 is 0 Å². The van der Waals surface area contributed by atoms with Crippen molar-refractivity contribution in [2.24, 2.45) is 0 Å². The maximum absolute atomic E-state index is 5.99. The molecule has 2 N–H and O–H groups in total. The number of benzene rings is 2. The van der Waals surface area contributed by atoms with E-state index >= 15 is 0 Å². The van der Waals surface area contributed by atoms with Crippen LogP contribution < -0.4 is 10.5 Å². The van der Waals surface area contributed by atoms with Gasteiger partial charge in [0.25, 0.3) is 0 Å². The fourth-order valence-corrected chi connectivity index (χ4v) is 2.65. The lowest BCUT2D eigenvalue weighted by Crippen LogP contribution is -1.90. The van der Waals surface area contributed by atoms with Crippen molar-refractivity contribution >= 4 is 21.7 Å². The fourth-order valence-electron chi connectivity index (χ4n) is 2.17. The summed E-state index contributed by atoms with van der Waals surface area (Å²) in [6, 6.07) is 15.4. The van der Waals surface area contributed by atoms with E-state index in [0.717, 1.165) is 26.9 Å². The van der Waals surface area contributed by atoms with Crippen LogP contribution in [-0.4, -0.2) is 12.3 Å². The van der Waals surface area contributed by atoms with Gasteiger partial charge in [0.2, 0.25) is 0 Å². The van der Waals surface area contributed by atoms with Gasteiger partial charge in [-0.25, -0.2) is 0 Å². The van der Waals surface area contributed by atoms with Gasteiger partial charge in [0.05, 0.1) is 12.7 Å². The van der Waals surface area contributed by atoms with Crippen LogP contribution in [0.1, 0.15) is 0 Å². The van der Waals surface area contributed by atoms with Crippen LogP contribution in [0.5, 0.6) is 5.75 Å². The average Bonchev–Trinajstić information content (AvgIpc) is 2.89. The van der Waals surface area contributed by atoms with E-state index in [2.05, 4.69) is 21.1 Å². The highest BCUT2D eigenvalue weighted by molar-refractivity contribution is 9.10. The molecule has 0 unspecified atom stereocenters. The molecule has 0 radical (unpaired) electrons. The monoisotopic (exact) mass is 344 g/mol. The number of ether oxygens (including phenoxy) is 1. The van der Waals surface area contributed by atoms with E-state index in [9.17, 15) is 0 Å². The second kappa shape index (κ2) is 5.61. The molecular formula is C16H13BrN2O2. The van der Waals surface area contributed by atoms with Gasteiger partial charge in [-0.3, -0.25) is 0 Å². The maximum Gasteiger partial charge on any atom is 0.176 e.